The lowest BCUT2D eigenvalue weighted by Crippen LogP contribution is -2.41. The molecule has 1 amide bonds. The van der Waals surface area contributed by atoms with Gasteiger partial charge in [0, 0.05) is 30.0 Å². The number of nitrogens with one attached hydrogen (secondary N) is 1. The summed E-state index contributed by atoms with van der Waals surface area (Å²) in [5, 5.41) is 6.92. The van der Waals surface area contributed by atoms with Crippen LogP contribution in [0.1, 0.15) is 43.4 Å². The number of rotatable bonds is 11. The van der Waals surface area contributed by atoms with Gasteiger partial charge in [-0.25, -0.2) is 0 Å². The van der Waals surface area contributed by atoms with Crippen molar-refractivity contribution in [2.75, 3.05) is 11.9 Å². The van der Waals surface area contributed by atoms with Crippen molar-refractivity contribution >= 4 is 35.2 Å². The molecule has 0 spiro atoms. The summed E-state index contributed by atoms with van der Waals surface area (Å²) in [6, 6.07) is 19.6. The third kappa shape index (κ3) is 8.10. The number of carbonyl (C=O) groups excluding carboxylic acids is 1. The summed E-state index contributed by atoms with van der Waals surface area (Å²) in [4.78, 5) is 21.4. The summed E-state index contributed by atoms with van der Waals surface area (Å²) in [6.07, 6.45) is -8.86. The molecule has 0 saturated heterocycles. The van der Waals surface area contributed by atoms with Crippen molar-refractivity contribution in [3.05, 3.63) is 89.5 Å². The number of nitrogens with zero attached hydrogens (tertiary/aromatic N) is 4. The van der Waals surface area contributed by atoms with Crippen LogP contribution in [-0.4, -0.2) is 50.6 Å². The van der Waals surface area contributed by atoms with Crippen LogP contribution in [0.25, 0.3) is 17.1 Å². The molecule has 0 unspecified atom stereocenters. The van der Waals surface area contributed by atoms with E-state index in [4.69, 9.17) is 12.2 Å². The van der Waals surface area contributed by atoms with Gasteiger partial charge in [0.05, 0.1) is 12.2 Å². The van der Waals surface area contributed by atoms with Gasteiger partial charge in [-0.15, -0.1) is 5.10 Å². The molecule has 0 aliphatic carbocycles. The van der Waals surface area contributed by atoms with Crippen LogP contribution in [0.5, 0.6) is 5.75 Å². The minimum atomic E-state index is -5.88. The third-order valence-corrected chi connectivity index (χ3v) is 6.57. The lowest BCUT2D eigenvalue weighted by molar-refractivity contribution is -0.360. The van der Waals surface area contributed by atoms with Gasteiger partial charge in [0.1, 0.15) is 5.75 Å². The molecule has 0 atom stereocenters. The molecular weight excluding hydrogens is 601 g/mol. The minimum Gasteiger partial charge on any atom is -0.426 e. The van der Waals surface area contributed by atoms with E-state index in [9.17, 15) is 26.7 Å². The molecular formula is C31H28F5N5O2S. The maximum Gasteiger partial charge on any atom is 0.499 e. The molecule has 230 valence electrons. The van der Waals surface area contributed by atoms with E-state index in [0.717, 1.165) is 22.6 Å². The molecule has 1 aromatic heterocycles. The molecule has 1 N–H and O–H groups in total. The van der Waals surface area contributed by atoms with Crippen molar-refractivity contribution < 1.29 is 31.5 Å². The van der Waals surface area contributed by atoms with Crippen molar-refractivity contribution in [3.8, 4) is 22.8 Å². The molecule has 7 nitrogen and oxygen atoms in total. The maximum atomic E-state index is 13.3. The second-order valence-corrected chi connectivity index (χ2v) is 10.7. The van der Waals surface area contributed by atoms with Gasteiger partial charge in [0.15, 0.2) is 5.82 Å². The number of benzene rings is 3. The molecule has 3 aromatic carbocycles. The number of thiocarbonyl (C=S) groups is 1. The Morgan fingerprint density at radius 1 is 1.02 bits per heavy atom. The number of ether oxygens (including phenoxy) is 1. The van der Waals surface area contributed by atoms with Gasteiger partial charge >= 0.3 is 12.3 Å². The summed E-state index contributed by atoms with van der Waals surface area (Å²) in [6.45, 7) is 5.95. The number of anilines is 1. The highest BCUT2D eigenvalue weighted by Gasteiger charge is 2.61. The van der Waals surface area contributed by atoms with Crippen LogP contribution >= 0.6 is 12.2 Å². The van der Waals surface area contributed by atoms with Crippen molar-refractivity contribution in [1.82, 2.24) is 14.8 Å². The Balaban J connectivity index is 1.46. The van der Waals surface area contributed by atoms with E-state index in [1.165, 1.54) is 34.9 Å². The fourth-order valence-electron chi connectivity index (χ4n) is 4.21. The van der Waals surface area contributed by atoms with E-state index in [-0.39, 0.29) is 17.5 Å². The SMILES string of the molecule is CC(=O)Nc1nc(-c2ccc(C=NCC(=S)Cc3ccccc3C(C)C)cc2)nn1-c1ccc(OC(F)(F)C(F)(F)F)cc1. The highest BCUT2D eigenvalue weighted by Crippen LogP contribution is 2.37. The van der Waals surface area contributed by atoms with Crippen LogP contribution in [0.15, 0.2) is 77.8 Å². The number of carbonyl (C=O) groups is 1. The van der Waals surface area contributed by atoms with E-state index >= 15 is 0 Å². The summed E-state index contributed by atoms with van der Waals surface area (Å²) in [7, 11) is 0. The monoisotopic (exact) mass is 629 g/mol. The van der Waals surface area contributed by atoms with Gasteiger partial charge in [0.2, 0.25) is 11.9 Å². The standard InChI is InChI=1S/C31H28F5N5O2S/c1-19(2)27-7-5-4-6-23(27)16-26(44)18-37-17-21-8-10-22(11-9-21)28-39-29(38-20(3)42)41(40-28)24-12-14-25(15-13-24)43-31(35,36)30(32,33)34/h4-15,17,19H,16,18H2,1-3H3,(H,38,39,40,42). The Morgan fingerprint density at radius 3 is 2.30 bits per heavy atom. The summed E-state index contributed by atoms with van der Waals surface area (Å²) in [5.74, 6) is -0.525. The Hall–Kier alpha value is -4.52. The lowest BCUT2D eigenvalue weighted by Gasteiger charge is -2.20. The minimum absolute atomic E-state index is 0.0139. The van der Waals surface area contributed by atoms with Gasteiger partial charge in [-0.2, -0.15) is 31.6 Å². The number of hydrogen-bond donors (Lipinski definition) is 1. The van der Waals surface area contributed by atoms with Crippen LogP contribution in [0.4, 0.5) is 27.9 Å². The van der Waals surface area contributed by atoms with Gasteiger partial charge in [-0.1, -0.05) is 74.6 Å². The zero-order valence-electron chi connectivity index (χ0n) is 23.9. The first kappa shape index (κ1) is 32.4. The topological polar surface area (TPSA) is 81.4 Å². The molecule has 44 heavy (non-hydrogen) atoms. The van der Waals surface area contributed by atoms with E-state index < -0.39 is 23.9 Å². The van der Waals surface area contributed by atoms with Crippen molar-refractivity contribution in [2.24, 2.45) is 4.99 Å². The van der Waals surface area contributed by atoms with Crippen molar-refractivity contribution in [2.45, 2.75) is 45.4 Å². The first-order chi connectivity index (χ1) is 20.7. The van der Waals surface area contributed by atoms with Gasteiger partial charge in [0.25, 0.3) is 0 Å². The molecule has 0 fully saturated rings. The van der Waals surface area contributed by atoms with Crippen LogP contribution in [0, 0.1) is 0 Å². The Morgan fingerprint density at radius 2 is 1.68 bits per heavy atom. The lowest BCUT2D eigenvalue weighted by atomic mass is 9.94. The second-order valence-electron chi connectivity index (χ2n) is 10.1. The molecule has 4 rings (SSSR count). The highest BCUT2D eigenvalue weighted by molar-refractivity contribution is 7.80. The maximum absolute atomic E-state index is 13.3. The molecule has 4 aromatic rings. The van der Waals surface area contributed by atoms with Gasteiger partial charge in [-0.3, -0.25) is 15.1 Å². The first-order valence-corrected chi connectivity index (χ1v) is 13.8. The van der Waals surface area contributed by atoms with Gasteiger partial charge in [-0.05, 0) is 46.9 Å². The highest BCUT2D eigenvalue weighted by atomic mass is 32.1. The number of aliphatic imine (C=N–C) groups is 1. The molecule has 0 bridgehead atoms. The summed E-state index contributed by atoms with van der Waals surface area (Å²) < 4.78 is 69.0. The summed E-state index contributed by atoms with van der Waals surface area (Å²) >= 11 is 5.56. The predicted octanol–water partition coefficient (Wildman–Crippen LogP) is 7.58. The Kier molecular flexibility index (Phi) is 9.88. The molecule has 1 heterocycles. The van der Waals surface area contributed by atoms with Crippen LogP contribution in [0.3, 0.4) is 0 Å². The number of amides is 1. The van der Waals surface area contributed by atoms with E-state index in [1.807, 2.05) is 24.3 Å². The quantitative estimate of drug-likeness (QED) is 0.105. The van der Waals surface area contributed by atoms with Crippen LogP contribution in [-0.2, 0) is 11.2 Å². The fraction of sp³-hybridized carbons (Fsp3) is 0.258. The molecule has 0 aliphatic heterocycles. The average Bonchev–Trinajstić information content (AvgIpc) is 3.36. The fourth-order valence-corrected chi connectivity index (χ4v) is 4.44. The van der Waals surface area contributed by atoms with E-state index in [0.29, 0.717) is 24.4 Å². The predicted molar refractivity (Wildman–Crippen MR) is 162 cm³/mol. The van der Waals surface area contributed by atoms with Crippen LogP contribution < -0.4 is 10.1 Å². The summed E-state index contributed by atoms with van der Waals surface area (Å²) in [5.41, 5.74) is 4.10. The van der Waals surface area contributed by atoms with Gasteiger partial charge < -0.3 is 4.74 Å². The number of hydrogen-bond acceptors (Lipinski definition) is 6. The normalized spacial score (nSPS) is 12.1. The van der Waals surface area contributed by atoms with E-state index in [2.05, 4.69) is 51.1 Å². The Bertz CT molecular complexity index is 1650. The van der Waals surface area contributed by atoms with Crippen molar-refractivity contribution in [1.29, 1.82) is 0 Å². The first-order valence-electron chi connectivity index (χ1n) is 13.4. The zero-order valence-corrected chi connectivity index (χ0v) is 24.7. The van der Waals surface area contributed by atoms with E-state index in [1.54, 1.807) is 18.3 Å². The second kappa shape index (κ2) is 13.4. The molecule has 13 heteroatoms. The Labute approximate surface area is 255 Å². The molecule has 0 aliphatic rings. The average molecular weight is 630 g/mol. The largest absolute Gasteiger partial charge is 0.499 e. The van der Waals surface area contributed by atoms with Crippen LogP contribution in [0.2, 0.25) is 0 Å². The third-order valence-electron chi connectivity index (χ3n) is 6.29. The number of aromatic nitrogens is 3. The van der Waals surface area contributed by atoms with Crippen molar-refractivity contribution in [3.63, 3.8) is 0 Å². The number of alkyl halides is 5. The molecule has 0 radical (unpaired) electrons. The molecule has 0 saturated carbocycles. The smallest absolute Gasteiger partial charge is 0.426 e. The number of halogens is 5. The zero-order chi connectivity index (χ0) is 32.1.